The van der Waals surface area contributed by atoms with Crippen molar-refractivity contribution in [3.63, 3.8) is 0 Å². The van der Waals surface area contributed by atoms with E-state index in [4.69, 9.17) is 0 Å². The van der Waals surface area contributed by atoms with Gasteiger partial charge in [0.05, 0.1) is 5.41 Å². The molecule has 0 aliphatic heterocycles. The van der Waals surface area contributed by atoms with Crippen LogP contribution in [0.1, 0.15) is 52.4 Å². The molecule has 6 heteroatoms. The summed E-state index contributed by atoms with van der Waals surface area (Å²) in [4.78, 5) is 27.0. The Morgan fingerprint density at radius 2 is 1.70 bits per heavy atom. The average Bonchev–Trinajstić information content (AvgIpc) is 2.21. The summed E-state index contributed by atoms with van der Waals surface area (Å²) in [7, 11) is 0. The van der Waals surface area contributed by atoms with Gasteiger partial charge in [-0.2, -0.15) is 0 Å². The normalized spacial score (nSPS) is 49.1. The van der Waals surface area contributed by atoms with Crippen molar-refractivity contribution in [2.75, 3.05) is 6.61 Å². The van der Waals surface area contributed by atoms with Crippen LogP contribution in [0.2, 0.25) is 0 Å². The summed E-state index contributed by atoms with van der Waals surface area (Å²) in [6.07, 6.45) is 4.64. The van der Waals surface area contributed by atoms with E-state index in [2.05, 4.69) is 18.7 Å². The minimum Gasteiger partial charge on any atom is -0.481 e. The van der Waals surface area contributed by atoms with Gasteiger partial charge in [-0.3, -0.25) is 4.79 Å². The van der Waals surface area contributed by atoms with Gasteiger partial charge < -0.3 is 9.94 Å². The van der Waals surface area contributed by atoms with E-state index in [0.717, 1.165) is 19.3 Å². The Kier molecular flexibility index (Phi) is 2.49. The third-order valence-electron chi connectivity index (χ3n) is 5.63. The standard InChI is InChI=1S/C14H21NO5/c1-11-3-12(2)5-13(4-11,9-20-15(18)19)8-14(6-11,7-12)10(16)17/h3-9H2,1-2H3,(H,16,17). The maximum atomic E-state index is 11.8. The third kappa shape index (κ3) is 1.88. The SMILES string of the molecule is CC12CC3(C)CC(CO[N+](=O)[O-])(C1)CC(C(=O)O)(C2)C3. The smallest absolute Gasteiger partial charge is 0.309 e. The summed E-state index contributed by atoms with van der Waals surface area (Å²) in [6.45, 7) is 4.32. The van der Waals surface area contributed by atoms with Gasteiger partial charge in [0.25, 0.3) is 5.09 Å². The molecule has 2 unspecified atom stereocenters. The molecular weight excluding hydrogens is 262 g/mol. The molecule has 0 heterocycles. The molecule has 6 nitrogen and oxygen atoms in total. The van der Waals surface area contributed by atoms with Crippen LogP contribution in [0.5, 0.6) is 0 Å². The first-order chi connectivity index (χ1) is 9.10. The minimum atomic E-state index is -0.753. The molecule has 0 amide bonds. The summed E-state index contributed by atoms with van der Waals surface area (Å²) < 4.78 is 0. The Hall–Kier alpha value is -1.33. The fourth-order valence-electron chi connectivity index (χ4n) is 6.51. The maximum absolute atomic E-state index is 11.8. The zero-order valence-corrected chi connectivity index (χ0v) is 12.0. The van der Waals surface area contributed by atoms with E-state index >= 15 is 0 Å². The second kappa shape index (κ2) is 3.65. The number of aliphatic carboxylic acids is 1. The molecular formula is C14H21NO5. The highest BCUT2D eigenvalue weighted by molar-refractivity contribution is 5.75. The van der Waals surface area contributed by atoms with E-state index < -0.39 is 16.5 Å². The Balaban J connectivity index is 1.98. The lowest BCUT2D eigenvalue weighted by Gasteiger charge is -2.68. The first-order valence-corrected chi connectivity index (χ1v) is 7.11. The molecule has 0 spiro atoms. The fraction of sp³-hybridized carbons (Fsp3) is 0.929. The quantitative estimate of drug-likeness (QED) is 0.632. The second-order valence-corrected chi connectivity index (χ2v) is 8.26. The fourth-order valence-corrected chi connectivity index (χ4v) is 6.51. The first kappa shape index (κ1) is 13.6. The predicted octanol–water partition coefficient (Wildman–Crippen LogP) is 2.65. The highest BCUT2D eigenvalue weighted by Crippen LogP contribution is 2.73. The van der Waals surface area contributed by atoms with Gasteiger partial charge >= 0.3 is 5.97 Å². The van der Waals surface area contributed by atoms with Gasteiger partial charge in [0.15, 0.2) is 0 Å². The van der Waals surface area contributed by atoms with Gasteiger partial charge in [-0.15, -0.1) is 10.1 Å². The van der Waals surface area contributed by atoms with Gasteiger partial charge in [-0.25, -0.2) is 0 Å². The van der Waals surface area contributed by atoms with Crippen LogP contribution in [0.3, 0.4) is 0 Å². The molecule has 2 atom stereocenters. The van der Waals surface area contributed by atoms with Crippen LogP contribution in [0.25, 0.3) is 0 Å². The van der Waals surface area contributed by atoms with Crippen molar-refractivity contribution >= 4 is 5.97 Å². The Morgan fingerprint density at radius 3 is 2.15 bits per heavy atom. The lowest BCUT2D eigenvalue weighted by molar-refractivity contribution is -0.761. The van der Waals surface area contributed by atoms with Crippen molar-refractivity contribution < 1.29 is 19.8 Å². The average molecular weight is 283 g/mol. The molecule has 112 valence electrons. The van der Waals surface area contributed by atoms with E-state index in [1.807, 2.05) is 0 Å². The molecule has 0 aromatic carbocycles. The number of nitrogens with zero attached hydrogens (tertiary/aromatic N) is 1. The van der Waals surface area contributed by atoms with Gasteiger partial charge in [0, 0.05) is 0 Å². The van der Waals surface area contributed by atoms with Gasteiger partial charge in [-0.1, -0.05) is 13.8 Å². The highest BCUT2D eigenvalue weighted by Gasteiger charge is 2.68. The number of rotatable bonds is 4. The summed E-state index contributed by atoms with van der Waals surface area (Å²) in [5.41, 5.74) is -1.11. The van der Waals surface area contributed by atoms with Crippen LogP contribution in [0, 0.1) is 31.8 Å². The first-order valence-electron chi connectivity index (χ1n) is 7.11. The van der Waals surface area contributed by atoms with E-state index in [1.54, 1.807) is 0 Å². The van der Waals surface area contributed by atoms with Crippen LogP contribution in [-0.2, 0) is 9.63 Å². The minimum absolute atomic E-state index is 0.0259. The lowest BCUT2D eigenvalue weighted by atomic mass is 9.36. The van der Waals surface area contributed by atoms with E-state index in [-0.39, 0.29) is 22.9 Å². The van der Waals surface area contributed by atoms with Crippen molar-refractivity contribution in [1.82, 2.24) is 0 Å². The van der Waals surface area contributed by atoms with Crippen LogP contribution in [-0.4, -0.2) is 22.8 Å². The number of hydrogen-bond donors (Lipinski definition) is 1. The predicted molar refractivity (Wildman–Crippen MR) is 69.4 cm³/mol. The summed E-state index contributed by atoms with van der Waals surface area (Å²) >= 11 is 0. The molecule has 4 rings (SSSR count). The lowest BCUT2D eigenvalue weighted by Crippen LogP contribution is -2.63. The van der Waals surface area contributed by atoms with E-state index in [9.17, 15) is 20.0 Å². The Bertz CT molecular complexity index is 470. The summed E-state index contributed by atoms with van der Waals surface area (Å²) in [6, 6.07) is 0. The van der Waals surface area contributed by atoms with Crippen molar-refractivity contribution in [3.05, 3.63) is 10.1 Å². The Labute approximate surface area is 117 Å². The largest absolute Gasteiger partial charge is 0.481 e. The van der Waals surface area contributed by atoms with Crippen molar-refractivity contribution in [2.45, 2.75) is 52.4 Å². The topological polar surface area (TPSA) is 89.7 Å². The Morgan fingerprint density at radius 1 is 1.15 bits per heavy atom. The zero-order chi connectivity index (χ0) is 14.8. The monoisotopic (exact) mass is 283 g/mol. The second-order valence-electron chi connectivity index (χ2n) is 8.26. The molecule has 4 bridgehead atoms. The molecule has 1 N–H and O–H groups in total. The van der Waals surface area contributed by atoms with Gasteiger partial charge in [0.2, 0.25) is 0 Å². The number of carboxylic acid groups (broad SMARTS) is 1. The van der Waals surface area contributed by atoms with Crippen LogP contribution < -0.4 is 0 Å². The molecule has 20 heavy (non-hydrogen) atoms. The summed E-state index contributed by atoms with van der Waals surface area (Å²) in [5.74, 6) is -0.737. The molecule has 4 aliphatic rings. The van der Waals surface area contributed by atoms with Crippen molar-refractivity contribution in [3.8, 4) is 0 Å². The van der Waals surface area contributed by atoms with Crippen LogP contribution in [0.4, 0.5) is 0 Å². The zero-order valence-electron chi connectivity index (χ0n) is 12.0. The van der Waals surface area contributed by atoms with Gasteiger partial charge in [0.1, 0.15) is 6.61 Å². The van der Waals surface area contributed by atoms with Crippen molar-refractivity contribution in [1.29, 1.82) is 0 Å². The third-order valence-corrected chi connectivity index (χ3v) is 5.63. The van der Waals surface area contributed by atoms with Gasteiger partial charge in [-0.05, 0) is 54.8 Å². The molecule has 4 saturated carbocycles. The molecule has 4 aliphatic carbocycles. The highest BCUT2D eigenvalue weighted by atomic mass is 16.9. The van der Waals surface area contributed by atoms with Crippen molar-refractivity contribution in [2.24, 2.45) is 21.7 Å². The van der Waals surface area contributed by atoms with E-state index in [0.29, 0.717) is 19.3 Å². The maximum Gasteiger partial charge on any atom is 0.309 e. The molecule has 0 saturated heterocycles. The number of hydrogen-bond acceptors (Lipinski definition) is 4. The molecule has 0 aromatic rings. The number of carbonyl (C=O) groups is 1. The number of carboxylic acids is 1. The molecule has 0 radical (unpaired) electrons. The molecule has 0 aromatic heterocycles. The van der Waals surface area contributed by atoms with E-state index in [1.165, 1.54) is 0 Å². The summed E-state index contributed by atoms with van der Waals surface area (Å²) in [5, 5.41) is 19.5. The van der Waals surface area contributed by atoms with Crippen LogP contribution in [0.15, 0.2) is 0 Å². The van der Waals surface area contributed by atoms with Crippen LogP contribution >= 0.6 is 0 Å². The molecule has 4 fully saturated rings.